The fraction of sp³-hybridized carbons (Fsp3) is 0.809. The number of carbonyl (C=O) groups is 1. The summed E-state index contributed by atoms with van der Waals surface area (Å²) in [5.41, 5.74) is 5.36. The Kier molecular flexibility index (Phi) is 41.4. The van der Waals surface area contributed by atoms with Crippen molar-refractivity contribution in [3.05, 3.63) is 48.6 Å². The van der Waals surface area contributed by atoms with E-state index in [1.54, 1.807) is 6.08 Å². The Hall–Kier alpha value is -1.58. The molecule has 4 unspecified atom stereocenters. The van der Waals surface area contributed by atoms with Gasteiger partial charge in [0.25, 0.3) is 0 Å². The van der Waals surface area contributed by atoms with Crippen molar-refractivity contribution in [2.75, 3.05) is 19.8 Å². The first-order valence-electron chi connectivity index (χ1n) is 23.3. The maximum absolute atomic E-state index is 12.8. The van der Waals surface area contributed by atoms with Crippen LogP contribution in [0.3, 0.4) is 0 Å². The molecule has 4 atom stereocenters. The predicted octanol–water partition coefficient (Wildman–Crippen LogP) is 12.3. The number of aliphatic hydroxyl groups is 2. The van der Waals surface area contributed by atoms with Gasteiger partial charge in [-0.05, 0) is 70.6 Å². The minimum Gasteiger partial charge on any atom is -0.393 e. The van der Waals surface area contributed by atoms with E-state index >= 15 is 0 Å². The standard InChI is InChI=1S/C47H89N2O7P/c1-3-5-7-9-11-13-15-17-19-21-22-23-25-27-29-31-33-35-37-39-46(51)45(43-56-57(53,54)55-41-40-48)49-47(52)42-44(50)38-36-34-32-30-28-26-24-20-18-16-14-12-10-8-6-4-2/h22-23,26,28-29,31,37,39,44-46,50-51H,3-21,24-25,27,30,32-36,38,40-43,48H2,1-2H3,(H,49,52)(H,53,54)/b23-22+,28-26-,31-29+,39-37+. The SMILES string of the molecule is CCCCCCCCCCC/C=C\CCCCCC(O)CC(=O)NC(COP(=O)(O)OCCN)C(O)/C=C/CC/C=C/CC/C=C/CCCCCCCCCCC. The molecule has 0 bridgehead atoms. The van der Waals surface area contributed by atoms with Gasteiger partial charge in [-0.2, -0.15) is 0 Å². The summed E-state index contributed by atoms with van der Waals surface area (Å²) in [7, 11) is -4.42. The monoisotopic (exact) mass is 825 g/mol. The van der Waals surface area contributed by atoms with Crippen LogP contribution in [0.5, 0.6) is 0 Å². The van der Waals surface area contributed by atoms with Crippen LogP contribution in [0.4, 0.5) is 0 Å². The van der Waals surface area contributed by atoms with Crippen molar-refractivity contribution in [3.8, 4) is 0 Å². The minimum atomic E-state index is -4.42. The maximum atomic E-state index is 12.8. The van der Waals surface area contributed by atoms with Gasteiger partial charge in [0.15, 0.2) is 0 Å². The Morgan fingerprint density at radius 3 is 1.46 bits per heavy atom. The van der Waals surface area contributed by atoms with Crippen LogP contribution < -0.4 is 11.1 Å². The summed E-state index contributed by atoms with van der Waals surface area (Å²) in [6.07, 6.45) is 49.2. The number of carbonyl (C=O) groups excluding carboxylic acids is 1. The highest BCUT2D eigenvalue weighted by molar-refractivity contribution is 7.47. The Labute approximate surface area is 350 Å². The van der Waals surface area contributed by atoms with E-state index in [-0.39, 0.29) is 19.6 Å². The number of phosphoric acid groups is 1. The number of allylic oxidation sites excluding steroid dienone is 7. The van der Waals surface area contributed by atoms with E-state index in [0.29, 0.717) is 12.8 Å². The van der Waals surface area contributed by atoms with Gasteiger partial charge in [-0.25, -0.2) is 4.57 Å². The lowest BCUT2D eigenvalue weighted by atomic mass is 10.0. The van der Waals surface area contributed by atoms with E-state index in [2.05, 4.69) is 55.6 Å². The number of nitrogens with one attached hydrogen (secondary N) is 1. The van der Waals surface area contributed by atoms with Gasteiger partial charge < -0.3 is 26.2 Å². The summed E-state index contributed by atoms with van der Waals surface area (Å²) in [6, 6.07) is -1.01. The summed E-state index contributed by atoms with van der Waals surface area (Å²) in [4.78, 5) is 22.8. The summed E-state index contributed by atoms with van der Waals surface area (Å²) < 4.78 is 22.1. The van der Waals surface area contributed by atoms with E-state index in [9.17, 15) is 24.5 Å². The van der Waals surface area contributed by atoms with Gasteiger partial charge in [-0.1, -0.05) is 178 Å². The number of rotatable bonds is 43. The quantitative estimate of drug-likeness (QED) is 0.0232. The molecule has 0 heterocycles. The molecule has 0 spiro atoms. The Morgan fingerprint density at radius 2 is 1.00 bits per heavy atom. The topological polar surface area (TPSA) is 151 Å². The Morgan fingerprint density at radius 1 is 0.596 bits per heavy atom. The van der Waals surface area contributed by atoms with Crippen molar-refractivity contribution < 1.29 is 33.5 Å². The zero-order valence-corrected chi connectivity index (χ0v) is 37.6. The normalized spacial score (nSPS) is 15.0. The second kappa shape index (κ2) is 42.5. The van der Waals surface area contributed by atoms with Crippen molar-refractivity contribution in [2.24, 2.45) is 5.73 Å². The lowest BCUT2D eigenvalue weighted by Gasteiger charge is -2.24. The molecule has 334 valence electrons. The van der Waals surface area contributed by atoms with Crippen molar-refractivity contribution in [3.63, 3.8) is 0 Å². The second-order valence-corrected chi connectivity index (χ2v) is 17.2. The van der Waals surface area contributed by atoms with Gasteiger partial charge in [0.2, 0.25) is 5.91 Å². The highest BCUT2D eigenvalue weighted by Crippen LogP contribution is 2.43. The first-order chi connectivity index (χ1) is 27.8. The van der Waals surface area contributed by atoms with Gasteiger partial charge >= 0.3 is 7.82 Å². The molecule has 0 aliphatic carbocycles. The molecule has 0 rings (SSSR count). The summed E-state index contributed by atoms with van der Waals surface area (Å²) >= 11 is 0. The summed E-state index contributed by atoms with van der Waals surface area (Å²) in [5.74, 6) is -0.469. The van der Waals surface area contributed by atoms with E-state index in [4.69, 9.17) is 14.8 Å². The first-order valence-corrected chi connectivity index (χ1v) is 24.8. The van der Waals surface area contributed by atoms with Crippen molar-refractivity contribution in [2.45, 2.75) is 225 Å². The molecule has 1 amide bonds. The van der Waals surface area contributed by atoms with Gasteiger partial charge in [0.1, 0.15) is 0 Å². The van der Waals surface area contributed by atoms with E-state index in [0.717, 1.165) is 57.8 Å². The number of nitrogens with two attached hydrogens (primary N) is 1. The minimum absolute atomic E-state index is 0.0397. The molecule has 6 N–H and O–H groups in total. The smallest absolute Gasteiger partial charge is 0.393 e. The molecule has 0 aromatic rings. The Bertz CT molecular complexity index is 1050. The molecule has 57 heavy (non-hydrogen) atoms. The molecule has 10 heteroatoms. The highest BCUT2D eigenvalue weighted by atomic mass is 31.2. The van der Waals surface area contributed by atoms with Crippen LogP contribution in [0.2, 0.25) is 0 Å². The van der Waals surface area contributed by atoms with Crippen LogP contribution in [0, 0.1) is 0 Å². The zero-order valence-electron chi connectivity index (χ0n) is 36.7. The molecule has 0 aliphatic heterocycles. The highest BCUT2D eigenvalue weighted by Gasteiger charge is 2.27. The number of hydrogen-bond acceptors (Lipinski definition) is 7. The van der Waals surface area contributed by atoms with E-state index in [1.165, 1.54) is 116 Å². The van der Waals surface area contributed by atoms with Crippen LogP contribution in [-0.4, -0.2) is 59.0 Å². The maximum Gasteiger partial charge on any atom is 0.472 e. The van der Waals surface area contributed by atoms with Crippen LogP contribution in [0.15, 0.2) is 48.6 Å². The fourth-order valence-electron chi connectivity index (χ4n) is 6.61. The molecule has 0 aliphatic rings. The van der Waals surface area contributed by atoms with Gasteiger partial charge in [-0.15, -0.1) is 0 Å². The molecule has 0 fully saturated rings. The molecule has 0 aromatic heterocycles. The summed E-state index contributed by atoms with van der Waals surface area (Å²) in [5, 5.41) is 24.0. The molecule has 0 aromatic carbocycles. The zero-order chi connectivity index (χ0) is 41.9. The van der Waals surface area contributed by atoms with Crippen LogP contribution >= 0.6 is 7.82 Å². The van der Waals surface area contributed by atoms with Crippen LogP contribution in [0.25, 0.3) is 0 Å². The molecule has 0 radical (unpaired) electrons. The third-order valence-electron chi connectivity index (χ3n) is 10.2. The van der Waals surface area contributed by atoms with Crippen molar-refractivity contribution in [1.82, 2.24) is 5.32 Å². The molecular weight excluding hydrogens is 735 g/mol. The predicted molar refractivity (Wildman–Crippen MR) is 241 cm³/mol. The second-order valence-electron chi connectivity index (χ2n) is 15.8. The van der Waals surface area contributed by atoms with E-state index < -0.39 is 38.6 Å². The average Bonchev–Trinajstić information content (AvgIpc) is 3.19. The third kappa shape index (κ3) is 41.0. The van der Waals surface area contributed by atoms with E-state index in [1.807, 2.05) is 6.08 Å². The lowest BCUT2D eigenvalue weighted by molar-refractivity contribution is -0.124. The number of amides is 1. The van der Waals surface area contributed by atoms with Gasteiger partial charge in [0.05, 0.1) is 37.9 Å². The number of hydrogen-bond donors (Lipinski definition) is 5. The average molecular weight is 825 g/mol. The molecule has 9 nitrogen and oxygen atoms in total. The summed E-state index contributed by atoms with van der Waals surface area (Å²) in [6.45, 7) is 3.94. The molecule has 0 saturated carbocycles. The van der Waals surface area contributed by atoms with Gasteiger partial charge in [0, 0.05) is 6.54 Å². The third-order valence-corrected chi connectivity index (χ3v) is 11.1. The lowest BCUT2D eigenvalue weighted by Crippen LogP contribution is -2.46. The number of aliphatic hydroxyl groups excluding tert-OH is 2. The molecule has 0 saturated heterocycles. The fourth-order valence-corrected chi connectivity index (χ4v) is 7.37. The number of phosphoric ester groups is 1. The first kappa shape index (κ1) is 55.4. The van der Waals surface area contributed by atoms with Crippen LogP contribution in [-0.2, 0) is 18.4 Å². The van der Waals surface area contributed by atoms with Crippen molar-refractivity contribution in [1.29, 1.82) is 0 Å². The number of unbranched alkanes of at least 4 members (excludes halogenated alkanes) is 23. The molecular formula is C47H89N2O7P. The van der Waals surface area contributed by atoms with Gasteiger partial charge in [-0.3, -0.25) is 13.8 Å². The van der Waals surface area contributed by atoms with Crippen molar-refractivity contribution >= 4 is 13.7 Å². The Balaban J connectivity index is 4.39. The largest absolute Gasteiger partial charge is 0.472 e. The van der Waals surface area contributed by atoms with Crippen LogP contribution in [0.1, 0.15) is 206 Å².